The number of benzene rings is 1. The maximum atomic E-state index is 13.0. The summed E-state index contributed by atoms with van der Waals surface area (Å²) in [4.78, 5) is 18.7. The SMILES string of the molecule is NC(=O)CCOc1ccc(-c2ccc3ncc(-c4cncc(C(F)(F)F)c4)n3n2)cc1. The van der Waals surface area contributed by atoms with Gasteiger partial charge in [-0.3, -0.25) is 9.78 Å². The molecule has 0 spiro atoms. The van der Waals surface area contributed by atoms with E-state index < -0.39 is 17.6 Å². The van der Waals surface area contributed by atoms with Crippen LogP contribution in [0.5, 0.6) is 5.75 Å². The van der Waals surface area contributed by atoms with Gasteiger partial charge in [-0.1, -0.05) is 0 Å². The molecule has 0 fully saturated rings. The number of amides is 1. The average molecular weight is 427 g/mol. The minimum Gasteiger partial charge on any atom is -0.493 e. The van der Waals surface area contributed by atoms with Crippen molar-refractivity contribution in [3.8, 4) is 28.3 Å². The molecule has 7 nitrogen and oxygen atoms in total. The molecule has 158 valence electrons. The molecule has 3 heterocycles. The molecule has 0 unspecified atom stereocenters. The Morgan fingerprint density at radius 2 is 1.81 bits per heavy atom. The van der Waals surface area contributed by atoms with Crippen LogP contribution in [0.4, 0.5) is 13.2 Å². The van der Waals surface area contributed by atoms with Gasteiger partial charge in [0, 0.05) is 23.5 Å². The summed E-state index contributed by atoms with van der Waals surface area (Å²) >= 11 is 0. The fourth-order valence-corrected chi connectivity index (χ4v) is 2.95. The number of aromatic nitrogens is 4. The zero-order valence-electron chi connectivity index (χ0n) is 16.0. The molecule has 0 aliphatic rings. The van der Waals surface area contributed by atoms with Crippen LogP contribution in [-0.4, -0.2) is 32.1 Å². The highest BCUT2D eigenvalue weighted by atomic mass is 19.4. The largest absolute Gasteiger partial charge is 0.493 e. The molecule has 0 atom stereocenters. The smallest absolute Gasteiger partial charge is 0.417 e. The second kappa shape index (κ2) is 8.05. The number of carbonyl (C=O) groups is 1. The van der Waals surface area contributed by atoms with Gasteiger partial charge in [-0.05, 0) is 42.5 Å². The first kappa shape index (κ1) is 20.3. The highest BCUT2D eigenvalue weighted by molar-refractivity contribution is 5.73. The molecule has 0 radical (unpaired) electrons. The summed E-state index contributed by atoms with van der Waals surface area (Å²) < 4.78 is 46.1. The van der Waals surface area contributed by atoms with Gasteiger partial charge < -0.3 is 10.5 Å². The Morgan fingerprint density at radius 1 is 1.03 bits per heavy atom. The minimum absolute atomic E-state index is 0.119. The van der Waals surface area contributed by atoms with Crippen molar-refractivity contribution in [2.24, 2.45) is 5.73 Å². The normalized spacial score (nSPS) is 11.6. The maximum absolute atomic E-state index is 13.0. The van der Waals surface area contributed by atoms with Crippen molar-refractivity contribution in [1.29, 1.82) is 0 Å². The van der Waals surface area contributed by atoms with Crippen molar-refractivity contribution < 1.29 is 22.7 Å². The summed E-state index contributed by atoms with van der Waals surface area (Å²) in [5, 5.41) is 4.53. The number of nitrogens with zero attached hydrogens (tertiary/aromatic N) is 4. The monoisotopic (exact) mass is 427 g/mol. The quantitative estimate of drug-likeness (QED) is 0.506. The van der Waals surface area contributed by atoms with E-state index in [9.17, 15) is 18.0 Å². The number of halogens is 3. The number of fused-ring (bicyclic) bond motifs is 1. The number of hydrogen-bond acceptors (Lipinski definition) is 5. The fraction of sp³-hybridized carbons (Fsp3) is 0.143. The first-order valence-electron chi connectivity index (χ1n) is 9.20. The van der Waals surface area contributed by atoms with E-state index in [4.69, 9.17) is 10.5 Å². The van der Waals surface area contributed by atoms with Crippen LogP contribution in [0.1, 0.15) is 12.0 Å². The van der Waals surface area contributed by atoms with Crippen LogP contribution in [0.15, 0.2) is 61.1 Å². The molecule has 1 amide bonds. The first-order chi connectivity index (χ1) is 14.8. The number of ether oxygens (including phenoxy) is 1. The summed E-state index contributed by atoms with van der Waals surface area (Å²) in [6.07, 6.45) is -0.806. The van der Waals surface area contributed by atoms with Gasteiger partial charge in [0.25, 0.3) is 0 Å². The predicted molar refractivity (Wildman–Crippen MR) is 106 cm³/mol. The van der Waals surface area contributed by atoms with Crippen molar-refractivity contribution in [3.63, 3.8) is 0 Å². The van der Waals surface area contributed by atoms with E-state index in [1.54, 1.807) is 36.4 Å². The van der Waals surface area contributed by atoms with Crippen LogP contribution >= 0.6 is 0 Å². The van der Waals surface area contributed by atoms with Gasteiger partial charge >= 0.3 is 6.18 Å². The third kappa shape index (κ3) is 4.47. The third-order valence-electron chi connectivity index (χ3n) is 4.49. The number of imidazole rings is 1. The molecule has 0 bridgehead atoms. The molecule has 0 saturated carbocycles. The molecular weight excluding hydrogens is 411 g/mol. The zero-order valence-corrected chi connectivity index (χ0v) is 16.0. The van der Waals surface area contributed by atoms with Crippen LogP contribution in [0.3, 0.4) is 0 Å². The van der Waals surface area contributed by atoms with Crippen molar-refractivity contribution >= 4 is 11.6 Å². The molecule has 0 aliphatic carbocycles. The van der Waals surface area contributed by atoms with E-state index in [0.29, 0.717) is 22.8 Å². The molecular formula is C21H16F3N5O2. The van der Waals surface area contributed by atoms with E-state index in [0.717, 1.165) is 17.8 Å². The van der Waals surface area contributed by atoms with Gasteiger partial charge in [0.05, 0.1) is 36.2 Å². The van der Waals surface area contributed by atoms with Gasteiger partial charge in [0.1, 0.15) is 5.75 Å². The fourth-order valence-electron chi connectivity index (χ4n) is 2.95. The summed E-state index contributed by atoms with van der Waals surface area (Å²) in [6, 6.07) is 11.5. The van der Waals surface area contributed by atoms with Crippen molar-refractivity contribution in [2.75, 3.05) is 6.61 Å². The van der Waals surface area contributed by atoms with Gasteiger partial charge in [-0.2, -0.15) is 18.3 Å². The molecule has 31 heavy (non-hydrogen) atoms. The number of pyridine rings is 1. The van der Waals surface area contributed by atoms with Crippen LogP contribution in [0.2, 0.25) is 0 Å². The number of alkyl halides is 3. The summed E-state index contributed by atoms with van der Waals surface area (Å²) in [7, 11) is 0. The Bertz CT molecular complexity index is 1240. The zero-order chi connectivity index (χ0) is 22.0. The number of carbonyl (C=O) groups excluding carboxylic acids is 1. The van der Waals surface area contributed by atoms with Crippen molar-refractivity contribution in [2.45, 2.75) is 12.6 Å². The van der Waals surface area contributed by atoms with E-state index in [-0.39, 0.29) is 18.6 Å². The van der Waals surface area contributed by atoms with E-state index in [1.807, 2.05) is 0 Å². The molecule has 2 N–H and O–H groups in total. The van der Waals surface area contributed by atoms with Crippen molar-refractivity contribution in [1.82, 2.24) is 19.6 Å². The van der Waals surface area contributed by atoms with Crippen LogP contribution < -0.4 is 10.5 Å². The lowest BCUT2D eigenvalue weighted by atomic mass is 10.1. The average Bonchev–Trinajstić information content (AvgIpc) is 3.17. The molecule has 3 aromatic heterocycles. The second-order valence-electron chi connectivity index (χ2n) is 6.68. The van der Waals surface area contributed by atoms with Gasteiger partial charge in [-0.25, -0.2) is 9.50 Å². The van der Waals surface area contributed by atoms with Crippen molar-refractivity contribution in [3.05, 3.63) is 66.6 Å². The maximum Gasteiger partial charge on any atom is 0.417 e. The highest BCUT2D eigenvalue weighted by Gasteiger charge is 2.31. The second-order valence-corrected chi connectivity index (χ2v) is 6.68. The van der Waals surface area contributed by atoms with Crippen LogP contribution in [0, 0.1) is 0 Å². The van der Waals surface area contributed by atoms with Crippen LogP contribution in [-0.2, 0) is 11.0 Å². The van der Waals surface area contributed by atoms with Gasteiger partial charge in [0.15, 0.2) is 5.65 Å². The summed E-state index contributed by atoms with van der Waals surface area (Å²) in [5.74, 6) is 0.130. The Kier molecular flexibility index (Phi) is 5.28. The van der Waals surface area contributed by atoms with E-state index in [2.05, 4.69) is 15.1 Å². The van der Waals surface area contributed by atoms with Gasteiger partial charge in [-0.15, -0.1) is 0 Å². The molecule has 0 aliphatic heterocycles. The Labute approximate surface area is 174 Å². The standard InChI is InChI=1S/C21H16F3N5O2/c22-21(23,24)15-9-14(10-26-11-15)18-12-27-20-6-5-17(28-29(18)20)13-1-3-16(4-2-13)31-8-7-19(25)30/h1-6,9-12H,7-8H2,(H2,25,30). The summed E-state index contributed by atoms with van der Waals surface area (Å²) in [6.45, 7) is 0.183. The summed E-state index contributed by atoms with van der Waals surface area (Å²) in [5.41, 5.74) is 6.73. The molecule has 4 aromatic rings. The lowest BCUT2D eigenvalue weighted by molar-refractivity contribution is -0.137. The molecule has 4 rings (SSSR count). The van der Waals surface area contributed by atoms with E-state index in [1.165, 1.54) is 16.9 Å². The van der Waals surface area contributed by atoms with Gasteiger partial charge in [0.2, 0.25) is 5.91 Å². The topological polar surface area (TPSA) is 95.4 Å². The number of primary amides is 1. The lowest BCUT2D eigenvalue weighted by Crippen LogP contribution is -2.14. The Hall–Kier alpha value is -3.95. The molecule has 0 saturated heterocycles. The number of nitrogens with two attached hydrogens (primary N) is 1. The highest BCUT2D eigenvalue weighted by Crippen LogP contribution is 2.31. The minimum atomic E-state index is -4.50. The molecule has 1 aromatic carbocycles. The first-order valence-corrected chi connectivity index (χ1v) is 9.20. The Balaban J connectivity index is 1.64. The third-order valence-corrected chi connectivity index (χ3v) is 4.49. The predicted octanol–water partition coefficient (Wildman–Crippen LogP) is 3.73. The number of hydrogen-bond donors (Lipinski definition) is 1. The lowest BCUT2D eigenvalue weighted by Gasteiger charge is -2.09. The van der Waals surface area contributed by atoms with Crippen LogP contribution in [0.25, 0.3) is 28.2 Å². The molecule has 10 heteroatoms. The Morgan fingerprint density at radius 3 is 2.52 bits per heavy atom. The van der Waals surface area contributed by atoms with E-state index >= 15 is 0 Å². The number of rotatable bonds is 6.